The minimum Gasteiger partial charge on any atom is -0.490 e. The molecular formula is C15H19NO4. The predicted octanol–water partition coefficient (Wildman–Crippen LogP) is 2.42. The van der Waals surface area contributed by atoms with Crippen molar-refractivity contribution in [1.82, 2.24) is 0 Å². The van der Waals surface area contributed by atoms with Crippen LogP contribution in [0.4, 0.5) is 5.69 Å². The summed E-state index contributed by atoms with van der Waals surface area (Å²) in [6, 6.07) is 3.29. The number of anilines is 1. The van der Waals surface area contributed by atoms with E-state index in [1.165, 1.54) is 4.90 Å². The number of aldehydes is 1. The SMILES string of the molecule is CCCOc1cc(C=O)cc2c1OC(CC)C(=O)N2C. The molecule has 0 spiro atoms. The van der Waals surface area contributed by atoms with E-state index in [1.807, 2.05) is 13.8 Å². The molecule has 1 atom stereocenters. The number of amides is 1. The van der Waals surface area contributed by atoms with Crippen molar-refractivity contribution in [3.05, 3.63) is 17.7 Å². The van der Waals surface area contributed by atoms with Crippen molar-refractivity contribution in [3.63, 3.8) is 0 Å². The van der Waals surface area contributed by atoms with Gasteiger partial charge in [0.1, 0.15) is 6.29 Å². The lowest BCUT2D eigenvalue weighted by Crippen LogP contribution is -2.43. The number of carbonyl (C=O) groups is 2. The first-order valence-electron chi connectivity index (χ1n) is 6.82. The molecular weight excluding hydrogens is 258 g/mol. The van der Waals surface area contributed by atoms with Crippen LogP contribution in [0.2, 0.25) is 0 Å². The zero-order valence-electron chi connectivity index (χ0n) is 12.0. The van der Waals surface area contributed by atoms with E-state index in [1.54, 1.807) is 19.2 Å². The summed E-state index contributed by atoms with van der Waals surface area (Å²) in [7, 11) is 1.69. The van der Waals surface area contributed by atoms with Crippen LogP contribution in [0.3, 0.4) is 0 Å². The fourth-order valence-electron chi connectivity index (χ4n) is 2.15. The van der Waals surface area contributed by atoms with Crippen LogP contribution in [0.1, 0.15) is 37.0 Å². The Kier molecular flexibility index (Phi) is 4.27. The van der Waals surface area contributed by atoms with Gasteiger partial charge in [0.25, 0.3) is 5.91 Å². The molecule has 5 heteroatoms. The first-order chi connectivity index (χ1) is 9.62. The summed E-state index contributed by atoms with van der Waals surface area (Å²) in [5.74, 6) is 0.951. The van der Waals surface area contributed by atoms with Gasteiger partial charge in [-0.2, -0.15) is 0 Å². The van der Waals surface area contributed by atoms with E-state index < -0.39 is 6.10 Å². The fourth-order valence-corrected chi connectivity index (χ4v) is 2.15. The smallest absolute Gasteiger partial charge is 0.267 e. The van der Waals surface area contributed by atoms with E-state index in [0.717, 1.165) is 12.7 Å². The molecule has 108 valence electrons. The van der Waals surface area contributed by atoms with Crippen LogP contribution >= 0.6 is 0 Å². The second kappa shape index (κ2) is 5.94. The van der Waals surface area contributed by atoms with Gasteiger partial charge in [0.2, 0.25) is 0 Å². The number of hydrogen-bond donors (Lipinski definition) is 0. The van der Waals surface area contributed by atoms with E-state index in [-0.39, 0.29) is 5.91 Å². The summed E-state index contributed by atoms with van der Waals surface area (Å²) in [6.07, 6.45) is 1.68. The highest BCUT2D eigenvalue weighted by molar-refractivity contribution is 6.01. The molecule has 0 fully saturated rings. The van der Waals surface area contributed by atoms with Gasteiger partial charge in [-0.1, -0.05) is 13.8 Å². The second-order valence-corrected chi connectivity index (χ2v) is 4.75. The molecule has 1 aliphatic heterocycles. The molecule has 5 nitrogen and oxygen atoms in total. The van der Waals surface area contributed by atoms with Gasteiger partial charge >= 0.3 is 0 Å². The lowest BCUT2D eigenvalue weighted by atomic mass is 10.1. The van der Waals surface area contributed by atoms with E-state index in [4.69, 9.17) is 9.47 Å². The van der Waals surface area contributed by atoms with Gasteiger partial charge in [-0.15, -0.1) is 0 Å². The summed E-state index contributed by atoms with van der Waals surface area (Å²) in [4.78, 5) is 24.7. The van der Waals surface area contributed by atoms with Crippen molar-refractivity contribution in [3.8, 4) is 11.5 Å². The molecule has 1 heterocycles. The zero-order chi connectivity index (χ0) is 14.7. The van der Waals surface area contributed by atoms with Gasteiger partial charge in [-0.3, -0.25) is 9.59 Å². The number of ether oxygens (including phenoxy) is 2. The first kappa shape index (κ1) is 14.4. The van der Waals surface area contributed by atoms with Gasteiger partial charge in [0.15, 0.2) is 17.6 Å². The van der Waals surface area contributed by atoms with Gasteiger partial charge in [-0.25, -0.2) is 0 Å². The van der Waals surface area contributed by atoms with Crippen LogP contribution in [0.15, 0.2) is 12.1 Å². The second-order valence-electron chi connectivity index (χ2n) is 4.75. The number of carbonyl (C=O) groups excluding carboxylic acids is 2. The third-order valence-electron chi connectivity index (χ3n) is 3.25. The van der Waals surface area contributed by atoms with Crippen molar-refractivity contribution in [2.75, 3.05) is 18.6 Å². The number of benzene rings is 1. The Morgan fingerprint density at radius 3 is 2.75 bits per heavy atom. The Morgan fingerprint density at radius 2 is 2.15 bits per heavy atom. The summed E-state index contributed by atoms with van der Waals surface area (Å²) in [5, 5.41) is 0. The average molecular weight is 277 g/mol. The molecule has 20 heavy (non-hydrogen) atoms. The quantitative estimate of drug-likeness (QED) is 0.776. The maximum absolute atomic E-state index is 12.1. The van der Waals surface area contributed by atoms with Gasteiger partial charge in [0.05, 0.1) is 12.3 Å². The Labute approximate surface area is 118 Å². The van der Waals surface area contributed by atoms with Crippen molar-refractivity contribution < 1.29 is 19.1 Å². The molecule has 0 N–H and O–H groups in total. The monoisotopic (exact) mass is 277 g/mol. The molecule has 0 radical (unpaired) electrons. The summed E-state index contributed by atoms with van der Waals surface area (Å²) in [5.41, 5.74) is 1.04. The highest BCUT2D eigenvalue weighted by Gasteiger charge is 2.33. The van der Waals surface area contributed by atoms with Crippen LogP contribution in [0.5, 0.6) is 11.5 Å². The fraction of sp³-hybridized carbons (Fsp3) is 0.467. The molecule has 1 aliphatic rings. The predicted molar refractivity (Wildman–Crippen MR) is 75.7 cm³/mol. The van der Waals surface area contributed by atoms with Crippen LogP contribution in [-0.2, 0) is 4.79 Å². The number of fused-ring (bicyclic) bond motifs is 1. The molecule has 0 saturated carbocycles. The van der Waals surface area contributed by atoms with Crippen LogP contribution in [0.25, 0.3) is 0 Å². The maximum Gasteiger partial charge on any atom is 0.267 e. The van der Waals surface area contributed by atoms with Gasteiger partial charge < -0.3 is 14.4 Å². The first-order valence-corrected chi connectivity index (χ1v) is 6.82. The lowest BCUT2D eigenvalue weighted by molar-refractivity contribution is -0.126. The number of rotatable bonds is 5. The highest BCUT2D eigenvalue weighted by atomic mass is 16.5. The number of hydrogen-bond acceptors (Lipinski definition) is 4. The standard InChI is InChI=1S/C15H19NO4/c1-4-6-19-13-8-10(9-17)7-11-14(13)20-12(5-2)15(18)16(11)3/h7-9,12H,4-6H2,1-3H3. The minimum absolute atomic E-state index is 0.107. The van der Waals surface area contributed by atoms with E-state index >= 15 is 0 Å². The minimum atomic E-state index is -0.501. The van der Waals surface area contributed by atoms with Crippen molar-refractivity contribution in [2.45, 2.75) is 32.8 Å². The number of nitrogens with zero attached hydrogens (tertiary/aromatic N) is 1. The van der Waals surface area contributed by atoms with Crippen LogP contribution < -0.4 is 14.4 Å². The summed E-state index contributed by atoms with van der Waals surface area (Å²) >= 11 is 0. The normalized spacial score (nSPS) is 17.4. The van der Waals surface area contributed by atoms with Crippen molar-refractivity contribution in [1.29, 1.82) is 0 Å². The zero-order valence-corrected chi connectivity index (χ0v) is 12.0. The molecule has 1 unspecified atom stereocenters. The highest BCUT2D eigenvalue weighted by Crippen LogP contribution is 2.42. The van der Waals surface area contributed by atoms with Crippen molar-refractivity contribution >= 4 is 17.9 Å². The van der Waals surface area contributed by atoms with E-state index in [2.05, 4.69) is 0 Å². The summed E-state index contributed by atoms with van der Waals surface area (Å²) in [6.45, 7) is 4.43. The maximum atomic E-state index is 12.1. The molecule has 1 amide bonds. The Balaban J connectivity index is 2.49. The molecule has 1 aromatic carbocycles. The molecule has 0 aromatic heterocycles. The largest absolute Gasteiger partial charge is 0.490 e. The molecule has 0 saturated heterocycles. The Morgan fingerprint density at radius 1 is 1.40 bits per heavy atom. The third kappa shape index (κ3) is 2.48. The topological polar surface area (TPSA) is 55.8 Å². The van der Waals surface area contributed by atoms with Gasteiger partial charge in [-0.05, 0) is 25.0 Å². The van der Waals surface area contributed by atoms with Crippen LogP contribution in [-0.4, -0.2) is 32.0 Å². The van der Waals surface area contributed by atoms with E-state index in [0.29, 0.717) is 35.8 Å². The molecule has 1 aromatic rings. The number of likely N-dealkylation sites (N-methyl/N-ethyl adjacent to an activating group) is 1. The van der Waals surface area contributed by atoms with Gasteiger partial charge in [0, 0.05) is 12.6 Å². The van der Waals surface area contributed by atoms with Crippen LogP contribution in [0, 0.1) is 0 Å². The molecule has 0 aliphatic carbocycles. The average Bonchev–Trinajstić information content (AvgIpc) is 2.48. The van der Waals surface area contributed by atoms with E-state index in [9.17, 15) is 9.59 Å². The third-order valence-corrected chi connectivity index (χ3v) is 3.25. The molecule has 2 rings (SSSR count). The lowest BCUT2D eigenvalue weighted by Gasteiger charge is -2.32. The van der Waals surface area contributed by atoms with Crippen molar-refractivity contribution in [2.24, 2.45) is 0 Å². The summed E-state index contributed by atoms with van der Waals surface area (Å²) < 4.78 is 11.4. The Hall–Kier alpha value is -2.04. The Bertz CT molecular complexity index is 527. The molecule has 0 bridgehead atoms.